The number of ether oxygens (including phenoxy) is 1. The van der Waals surface area contributed by atoms with Crippen molar-refractivity contribution in [2.24, 2.45) is 0 Å². The third kappa shape index (κ3) is 4.53. The van der Waals surface area contributed by atoms with Crippen LogP contribution in [-0.2, 0) is 4.79 Å². The standard InChI is InChI=1S/C13H15FO4/c1-9(15)11-6-5-10(8-12(11)14)18-7-3-2-4-13(16)17/h5-6,8H,2-4,7H2,1H3,(H,16,17). The van der Waals surface area contributed by atoms with Gasteiger partial charge in [-0.15, -0.1) is 0 Å². The number of halogens is 1. The molecule has 18 heavy (non-hydrogen) atoms. The van der Waals surface area contributed by atoms with E-state index in [-0.39, 0.29) is 17.8 Å². The van der Waals surface area contributed by atoms with E-state index in [4.69, 9.17) is 9.84 Å². The molecule has 1 aromatic carbocycles. The van der Waals surface area contributed by atoms with Crippen LogP contribution in [0.15, 0.2) is 18.2 Å². The van der Waals surface area contributed by atoms with Gasteiger partial charge in [0, 0.05) is 12.5 Å². The first-order valence-corrected chi connectivity index (χ1v) is 5.66. The third-order valence-electron chi connectivity index (χ3n) is 2.37. The predicted molar refractivity (Wildman–Crippen MR) is 63.4 cm³/mol. The Morgan fingerprint density at radius 1 is 1.33 bits per heavy atom. The Morgan fingerprint density at radius 3 is 2.61 bits per heavy atom. The van der Waals surface area contributed by atoms with Gasteiger partial charge in [0.2, 0.25) is 0 Å². The average molecular weight is 254 g/mol. The maximum atomic E-state index is 13.4. The predicted octanol–water partition coefficient (Wildman–Crippen LogP) is 2.66. The van der Waals surface area contributed by atoms with Crippen molar-refractivity contribution in [1.29, 1.82) is 0 Å². The van der Waals surface area contributed by atoms with E-state index >= 15 is 0 Å². The summed E-state index contributed by atoms with van der Waals surface area (Å²) in [5.41, 5.74) is 0.0354. The van der Waals surface area contributed by atoms with E-state index in [2.05, 4.69) is 0 Å². The van der Waals surface area contributed by atoms with Gasteiger partial charge in [0.1, 0.15) is 11.6 Å². The smallest absolute Gasteiger partial charge is 0.303 e. The molecule has 4 nitrogen and oxygen atoms in total. The van der Waals surface area contributed by atoms with Crippen LogP contribution in [0.25, 0.3) is 0 Å². The summed E-state index contributed by atoms with van der Waals surface area (Å²) in [5.74, 6) is -1.44. The van der Waals surface area contributed by atoms with E-state index in [1.54, 1.807) is 0 Å². The molecule has 0 atom stereocenters. The highest BCUT2D eigenvalue weighted by atomic mass is 19.1. The van der Waals surface area contributed by atoms with Crippen LogP contribution in [0.5, 0.6) is 5.75 Å². The van der Waals surface area contributed by atoms with Crippen LogP contribution < -0.4 is 4.74 Å². The van der Waals surface area contributed by atoms with E-state index in [1.807, 2.05) is 0 Å². The topological polar surface area (TPSA) is 63.6 Å². The van der Waals surface area contributed by atoms with E-state index < -0.39 is 11.8 Å². The van der Waals surface area contributed by atoms with Gasteiger partial charge in [0.05, 0.1) is 12.2 Å². The monoisotopic (exact) mass is 254 g/mol. The summed E-state index contributed by atoms with van der Waals surface area (Å²) in [6.07, 6.45) is 1.20. The highest BCUT2D eigenvalue weighted by molar-refractivity contribution is 5.94. The Labute approximate surface area is 104 Å². The first kappa shape index (κ1) is 14.2. The Balaban J connectivity index is 2.42. The van der Waals surface area contributed by atoms with E-state index in [0.29, 0.717) is 25.2 Å². The average Bonchev–Trinajstić information content (AvgIpc) is 2.27. The van der Waals surface area contributed by atoms with Crippen LogP contribution in [0, 0.1) is 5.82 Å². The molecule has 1 rings (SSSR count). The quantitative estimate of drug-likeness (QED) is 0.600. The minimum absolute atomic E-state index is 0.0354. The first-order chi connectivity index (χ1) is 8.50. The summed E-state index contributed by atoms with van der Waals surface area (Å²) in [7, 11) is 0. The summed E-state index contributed by atoms with van der Waals surface area (Å²) >= 11 is 0. The zero-order chi connectivity index (χ0) is 13.5. The van der Waals surface area contributed by atoms with Crippen LogP contribution >= 0.6 is 0 Å². The zero-order valence-electron chi connectivity index (χ0n) is 10.1. The van der Waals surface area contributed by atoms with Crippen molar-refractivity contribution in [3.05, 3.63) is 29.6 Å². The molecule has 0 amide bonds. The number of Topliss-reactive ketones (excluding diaryl/α,β-unsaturated/α-hetero) is 1. The lowest BCUT2D eigenvalue weighted by Gasteiger charge is -2.06. The number of ketones is 1. The molecule has 1 N–H and O–H groups in total. The van der Waals surface area contributed by atoms with Crippen LogP contribution in [0.3, 0.4) is 0 Å². The van der Waals surface area contributed by atoms with Gasteiger partial charge in [-0.1, -0.05) is 0 Å². The SMILES string of the molecule is CC(=O)c1ccc(OCCCCC(=O)O)cc1F. The molecule has 0 saturated heterocycles. The Bertz CT molecular complexity index is 443. The number of unbranched alkanes of at least 4 members (excludes halogenated alkanes) is 1. The number of rotatable bonds is 7. The maximum absolute atomic E-state index is 13.4. The number of benzene rings is 1. The third-order valence-corrected chi connectivity index (χ3v) is 2.37. The molecule has 0 fully saturated rings. The minimum Gasteiger partial charge on any atom is -0.493 e. The fourth-order valence-electron chi connectivity index (χ4n) is 1.44. The van der Waals surface area contributed by atoms with Crippen molar-refractivity contribution in [3.63, 3.8) is 0 Å². The van der Waals surface area contributed by atoms with Gasteiger partial charge in [-0.2, -0.15) is 0 Å². The van der Waals surface area contributed by atoms with Crippen LogP contribution in [0.4, 0.5) is 4.39 Å². The molecule has 5 heteroatoms. The molecule has 0 aliphatic heterocycles. The molecule has 1 aromatic rings. The highest BCUT2D eigenvalue weighted by Gasteiger charge is 2.08. The Kier molecular flexibility index (Phi) is 5.30. The molecule has 98 valence electrons. The second kappa shape index (κ2) is 6.74. The largest absolute Gasteiger partial charge is 0.493 e. The van der Waals surface area contributed by atoms with Gasteiger partial charge < -0.3 is 9.84 Å². The van der Waals surface area contributed by atoms with Crippen molar-refractivity contribution < 1.29 is 23.8 Å². The van der Waals surface area contributed by atoms with E-state index in [9.17, 15) is 14.0 Å². The molecular weight excluding hydrogens is 239 g/mol. The lowest BCUT2D eigenvalue weighted by Crippen LogP contribution is -2.02. The van der Waals surface area contributed by atoms with Gasteiger partial charge >= 0.3 is 5.97 Å². The highest BCUT2D eigenvalue weighted by Crippen LogP contribution is 2.17. The van der Waals surface area contributed by atoms with Crippen molar-refractivity contribution in [3.8, 4) is 5.75 Å². The summed E-state index contributed by atoms with van der Waals surface area (Å²) in [6, 6.07) is 4.06. The Morgan fingerprint density at radius 2 is 2.06 bits per heavy atom. The van der Waals surface area contributed by atoms with Crippen molar-refractivity contribution in [2.75, 3.05) is 6.61 Å². The van der Waals surface area contributed by atoms with Gasteiger partial charge in [-0.3, -0.25) is 9.59 Å². The molecule has 0 aliphatic rings. The zero-order valence-corrected chi connectivity index (χ0v) is 10.1. The fraction of sp³-hybridized carbons (Fsp3) is 0.385. The van der Waals surface area contributed by atoms with Gasteiger partial charge in [-0.25, -0.2) is 4.39 Å². The Hall–Kier alpha value is -1.91. The number of aliphatic carboxylic acids is 1. The van der Waals surface area contributed by atoms with Gasteiger partial charge in [0.25, 0.3) is 0 Å². The van der Waals surface area contributed by atoms with Gasteiger partial charge in [0.15, 0.2) is 5.78 Å². The molecular formula is C13H15FO4. The number of hydrogen-bond acceptors (Lipinski definition) is 3. The summed E-state index contributed by atoms with van der Waals surface area (Å²) in [5, 5.41) is 8.43. The molecule has 0 radical (unpaired) electrons. The van der Waals surface area contributed by atoms with Crippen LogP contribution in [-0.4, -0.2) is 23.5 Å². The minimum atomic E-state index is -0.841. The van der Waals surface area contributed by atoms with Crippen molar-refractivity contribution >= 4 is 11.8 Å². The molecule has 0 aromatic heterocycles. The van der Waals surface area contributed by atoms with Crippen LogP contribution in [0.1, 0.15) is 36.5 Å². The molecule has 0 aliphatic carbocycles. The van der Waals surface area contributed by atoms with Crippen LogP contribution in [0.2, 0.25) is 0 Å². The number of carbonyl (C=O) groups excluding carboxylic acids is 1. The van der Waals surface area contributed by atoms with Crippen molar-refractivity contribution in [1.82, 2.24) is 0 Å². The summed E-state index contributed by atoms with van der Waals surface area (Å²) in [4.78, 5) is 21.3. The summed E-state index contributed by atoms with van der Waals surface area (Å²) in [6.45, 7) is 1.62. The number of carboxylic acids is 1. The first-order valence-electron chi connectivity index (χ1n) is 5.66. The fourth-order valence-corrected chi connectivity index (χ4v) is 1.44. The number of carboxylic acid groups (broad SMARTS) is 1. The van der Waals surface area contributed by atoms with Gasteiger partial charge in [-0.05, 0) is 31.9 Å². The van der Waals surface area contributed by atoms with E-state index in [1.165, 1.54) is 19.1 Å². The number of hydrogen-bond donors (Lipinski definition) is 1. The summed E-state index contributed by atoms with van der Waals surface area (Å²) < 4.78 is 18.7. The maximum Gasteiger partial charge on any atom is 0.303 e. The molecule has 0 spiro atoms. The van der Waals surface area contributed by atoms with Crippen molar-refractivity contribution in [2.45, 2.75) is 26.2 Å². The van der Waals surface area contributed by atoms with E-state index in [0.717, 1.165) is 6.07 Å². The lowest BCUT2D eigenvalue weighted by molar-refractivity contribution is -0.137. The lowest BCUT2D eigenvalue weighted by atomic mass is 10.1. The molecule has 0 unspecified atom stereocenters. The number of carbonyl (C=O) groups is 2. The second-order valence-corrected chi connectivity index (χ2v) is 3.90. The molecule has 0 bridgehead atoms. The normalized spacial score (nSPS) is 10.1. The molecule has 0 saturated carbocycles. The second-order valence-electron chi connectivity index (χ2n) is 3.90. The molecule has 0 heterocycles.